The van der Waals surface area contributed by atoms with Crippen molar-refractivity contribution < 1.29 is 19.9 Å². The van der Waals surface area contributed by atoms with Gasteiger partial charge in [-0.15, -0.1) is 0 Å². The lowest BCUT2D eigenvalue weighted by Crippen LogP contribution is -2.51. The maximum atomic E-state index is 11.9. The molecule has 7 nitrogen and oxygen atoms in total. The predicted molar refractivity (Wildman–Crippen MR) is 130 cm³/mol. The van der Waals surface area contributed by atoms with Gasteiger partial charge in [-0.3, -0.25) is 19.8 Å². The number of aliphatic hydroxyl groups is 1. The number of nitrogens with zero attached hydrogens (tertiary/aromatic N) is 2. The molecule has 34 heavy (non-hydrogen) atoms. The summed E-state index contributed by atoms with van der Waals surface area (Å²) in [6.45, 7) is 0.960. The molecule has 0 amide bonds. The van der Waals surface area contributed by atoms with Gasteiger partial charge in [0.25, 0.3) is 0 Å². The van der Waals surface area contributed by atoms with Crippen LogP contribution in [-0.4, -0.2) is 44.2 Å². The molecule has 0 fully saturated rings. The molecule has 0 aliphatic rings. The van der Waals surface area contributed by atoms with Gasteiger partial charge in [-0.2, -0.15) is 0 Å². The SMILES string of the molecule is O=C(O)CCC([C@@H](O)[C@H](Cc1ccccc1)N(Cc1ccccc1)Cc1ccccc1)[N+](=O)[O-]. The zero-order chi connectivity index (χ0) is 24.3. The second-order valence-electron chi connectivity index (χ2n) is 8.41. The minimum absolute atomic E-state index is 0.237. The van der Waals surface area contributed by atoms with Crippen LogP contribution in [-0.2, 0) is 24.3 Å². The van der Waals surface area contributed by atoms with Crippen LogP contribution < -0.4 is 0 Å². The lowest BCUT2D eigenvalue weighted by molar-refractivity contribution is -0.537. The van der Waals surface area contributed by atoms with Crippen molar-refractivity contribution in [3.8, 4) is 0 Å². The third kappa shape index (κ3) is 7.50. The molecule has 3 rings (SSSR count). The summed E-state index contributed by atoms with van der Waals surface area (Å²) in [6.07, 6.45) is -1.58. The molecule has 0 aliphatic heterocycles. The molecule has 2 N–H and O–H groups in total. The molecule has 0 aromatic heterocycles. The van der Waals surface area contributed by atoms with Gasteiger partial charge in [-0.05, 0) is 23.1 Å². The Balaban J connectivity index is 1.98. The molecule has 0 bridgehead atoms. The van der Waals surface area contributed by atoms with E-state index in [9.17, 15) is 20.0 Å². The highest BCUT2D eigenvalue weighted by Crippen LogP contribution is 2.23. The van der Waals surface area contributed by atoms with Crippen molar-refractivity contribution in [1.82, 2.24) is 4.90 Å². The number of hydrogen-bond donors (Lipinski definition) is 2. The summed E-state index contributed by atoms with van der Waals surface area (Å²) in [5.41, 5.74) is 2.98. The first-order chi connectivity index (χ1) is 16.4. The Morgan fingerprint density at radius 1 is 0.824 bits per heavy atom. The number of hydrogen-bond acceptors (Lipinski definition) is 5. The smallest absolute Gasteiger partial charge is 0.303 e. The molecule has 7 heteroatoms. The topological polar surface area (TPSA) is 104 Å². The maximum Gasteiger partial charge on any atom is 0.303 e. The van der Waals surface area contributed by atoms with Gasteiger partial charge in [-0.1, -0.05) is 91.0 Å². The fraction of sp³-hybridized carbons (Fsp3) is 0.296. The van der Waals surface area contributed by atoms with Crippen molar-refractivity contribution in [1.29, 1.82) is 0 Å². The van der Waals surface area contributed by atoms with Gasteiger partial charge in [0.05, 0.1) is 6.42 Å². The van der Waals surface area contributed by atoms with Crippen molar-refractivity contribution in [3.05, 3.63) is 118 Å². The van der Waals surface area contributed by atoms with Gasteiger partial charge in [0.15, 0.2) is 0 Å². The molecule has 0 aliphatic carbocycles. The number of carbonyl (C=O) groups is 1. The Bertz CT molecular complexity index is 989. The van der Waals surface area contributed by atoms with Gasteiger partial charge in [0.1, 0.15) is 6.10 Å². The van der Waals surface area contributed by atoms with E-state index in [0.717, 1.165) is 16.7 Å². The van der Waals surface area contributed by atoms with Gasteiger partial charge in [0, 0.05) is 30.5 Å². The van der Waals surface area contributed by atoms with E-state index in [2.05, 4.69) is 4.90 Å². The van der Waals surface area contributed by atoms with E-state index in [4.69, 9.17) is 5.11 Å². The minimum atomic E-state index is -1.39. The second-order valence-corrected chi connectivity index (χ2v) is 8.41. The Kier molecular flexibility index (Phi) is 9.31. The zero-order valence-electron chi connectivity index (χ0n) is 18.9. The summed E-state index contributed by atoms with van der Waals surface area (Å²) in [7, 11) is 0. The highest BCUT2D eigenvalue weighted by Gasteiger charge is 2.39. The summed E-state index contributed by atoms with van der Waals surface area (Å²) < 4.78 is 0. The zero-order valence-corrected chi connectivity index (χ0v) is 18.9. The molecule has 0 saturated heterocycles. The van der Waals surface area contributed by atoms with Gasteiger partial charge in [0.2, 0.25) is 6.04 Å². The van der Waals surface area contributed by atoms with Crippen LogP contribution in [0.25, 0.3) is 0 Å². The second kappa shape index (κ2) is 12.6. The molecule has 3 aromatic carbocycles. The van der Waals surface area contributed by atoms with Crippen LogP contribution in [0.4, 0.5) is 0 Å². The fourth-order valence-electron chi connectivity index (χ4n) is 4.18. The number of benzene rings is 3. The van der Waals surface area contributed by atoms with Gasteiger partial charge < -0.3 is 10.2 Å². The van der Waals surface area contributed by atoms with Crippen molar-refractivity contribution in [2.45, 2.75) is 50.5 Å². The van der Waals surface area contributed by atoms with E-state index in [1.165, 1.54) is 0 Å². The van der Waals surface area contributed by atoms with Gasteiger partial charge in [-0.25, -0.2) is 0 Å². The van der Waals surface area contributed by atoms with Crippen LogP contribution in [0.15, 0.2) is 91.0 Å². The van der Waals surface area contributed by atoms with Crippen LogP contribution >= 0.6 is 0 Å². The summed E-state index contributed by atoms with van der Waals surface area (Å²) in [4.78, 5) is 24.5. The minimum Gasteiger partial charge on any atom is -0.481 e. The molecule has 3 atom stereocenters. The number of carboxylic acids is 1. The normalized spacial score (nSPS) is 13.8. The number of nitro groups is 1. The number of rotatable bonds is 13. The molecular formula is C27H30N2O5. The van der Waals surface area contributed by atoms with Crippen LogP contribution in [0, 0.1) is 10.1 Å². The summed E-state index contributed by atoms with van der Waals surface area (Å²) in [6, 6.07) is 27.1. The van der Waals surface area contributed by atoms with E-state index in [-0.39, 0.29) is 12.8 Å². The van der Waals surface area contributed by atoms with E-state index in [0.29, 0.717) is 19.5 Å². The monoisotopic (exact) mass is 462 g/mol. The molecule has 1 unspecified atom stereocenters. The first-order valence-corrected chi connectivity index (χ1v) is 11.3. The van der Waals surface area contributed by atoms with E-state index in [1.54, 1.807) is 0 Å². The third-order valence-electron chi connectivity index (χ3n) is 5.93. The van der Waals surface area contributed by atoms with Crippen molar-refractivity contribution in [2.75, 3.05) is 0 Å². The molecule has 0 heterocycles. The average molecular weight is 463 g/mol. The summed E-state index contributed by atoms with van der Waals surface area (Å²) in [5.74, 6) is -1.12. The largest absolute Gasteiger partial charge is 0.481 e. The highest BCUT2D eigenvalue weighted by molar-refractivity contribution is 5.66. The van der Waals surface area contributed by atoms with Crippen LogP contribution in [0.2, 0.25) is 0 Å². The molecule has 0 radical (unpaired) electrons. The predicted octanol–water partition coefficient (Wildman–Crippen LogP) is 4.17. The summed E-state index contributed by atoms with van der Waals surface area (Å²) >= 11 is 0. The van der Waals surface area contributed by atoms with Crippen LogP contribution in [0.5, 0.6) is 0 Å². The molecular weight excluding hydrogens is 432 g/mol. The van der Waals surface area contributed by atoms with Crippen molar-refractivity contribution in [2.24, 2.45) is 0 Å². The average Bonchev–Trinajstić information content (AvgIpc) is 2.84. The standard InChI is InChI=1S/C27H30N2O5/c30-26(31)17-16-24(29(33)34)27(32)25(18-21-10-4-1-5-11-21)28(19-22-12-6-2-7-13-22)20-23-14-8-3-9-15-23/h1-15,24-25,27,32H,16-20H2,(H,30,31)/t24?,25-,27+/m0/s1. The third-order valence-corrected chi connectivity index (χ3v) is 5.93. The van der Waals surface area contributed by atoms with Crippen molar-refractivity contribution >= 4 is 5.97 Å². The van der Waals surface area contributed by atoms with Crippen LogP contribution in [0.3, 0.4) is 0 Å². The number of aliphatic carboxylic acids is 1. The first-order valence-electron chi connectivity index (χ1n) is 11.3. The molecule has 3 aromatic rings. The quantitative estimate of drug-likeness (QED) is 0.292. The first kappa shape index (κ1) is 25.1. The Labute approximate surface area is 199 Å². The van der Waals surface area contributed by atoms with Crippen LogP contribution in [0.1, 0.15) is 29.5 Å². The molecule has 0 saturated carbocycles. The fourth-order valence-corrected chi connectivity index (χ4v) is 4.18. The Hall–Kier alpha value is -3.55. The lowest BCUT2D eigenvalue weighted by atomic mass is 9.92. The molecule has 0 spiro atoms. The molecule has 178 valence electrons. The maximum absolute atomic E-state index is 11.9. The number of carboxylic acid groups (broad SMARTS) is 1. The Morgan fingerprint density at radius 2 is 1.26 bits per heavy atom. The van der Waals surface area contributed by atoms with E-state index < -0.39 is 29.1 Å². The Morgan fingerprint density at radius 3 is 1.68 bits per heavy atom. The van der Waals surface area contributed by atoms with Crippen molar-refractivity contribution in [3.63, 3.8) is 0 Å². The number of aliphatic hydroxyl groups excluding tert-OH is 1. The van der Waals surface area contributed by atoms with Gasteiger partial charge >= 0.3 is 5.97 Å². The van der Waals surface area contributed by atoms with E-state index in [1.807, 2.05) is 91.0 Å². The highest BCUT2D eigenvalue weighted by atomic mass is 16.6. The van der Waals surface area contributed by atoms with E-state index >= 15 is 0 Å². The lowest BCUT2D eigenvalue weighted by Gasteiger charge is -2.36. The summed E-state index contributed by atoms with van der Waals surface area (Å²) in [5, 5.41) is 32.3.